The number of non-ortho nitro benzene ring substituents is 1. The molecule has 1 aromatic rings. The molecular weight excluding hydrogens is 404 g/mol. The highest BCUT2D eigenvalue weighted by atomic mass is 16.7. The van der Waals surface area contributed by atoms with Crippen LogP contribution in [-0.2, 0) is 28.6 Å². The number of nitrogens with one attached hydrogen (secondary N) is 1. The van der Waals surface area contributed by atoms with Crippen LogP contribution < -0.4 is 10.1 Å². The van der Waals surface area contributed by atoms with Crippen LogP contribution >= 0.6 is 0 Å². The van der Waals surface area contributed by atoms with Crippen molar-refractivity contribution in [3.8, 4) is 5.75 Å². The Hall–Kier alpha value is -3.25. The predicted octanol–water partition coefficient (Wildman–Crippen LogP) is 0.0589. The second kappa shape index (κ2) is 9.98. The van der Waals surface area contributed by atoms with E-state index in [0.717, 1.165) is 6.92 Å². The fraction of sp³-hybridized carbons (Fsp3) is 0.500. The topological polar surface area (TPSA) is 164 Å². The molecule has 0 bridgehead atoms. The second-order valence-electron chi connectivity index (χ2n) is 6.51. The van der Waals surface area contributed by atoms with E-state index >= 15 is 0 Å². The second-order valence-corrected chi connectivity index (χ2v) is 6.51. The van der Waals surface area contributed by atoms with E-state index in [1.165, 1.54) is 38.1 Å². The Labute approximate surface area is 171 Å². The van der Waals surface area contributed by atoms with Gasteiger partial charge in [0.15, 0.2) is 6.10 Å². The van der Waals surface area contributed by atoms with Gasteiger partial charge in [0.25, 0.3) is 5.69 Å². The number of nitrogens with zero attached hydrogens (tertiary/aromatic N) is 1. The minimum Gasteiger partial charge on any atom is -0.463 e. The summed E-state index contributed by atoms with van der Waals surface area (Å²) in [6, 6.07) is 3.93. The maximum absolute atomic E-state index is 11.7. The van der Waals surface area contributed by atoms with Crippen LogP contribution in [0.3, 0.4) is 0 Å². The van der Waals surface area contributed by atoms with Crippen molar-refractivity contribution in [3.63, 3.8) is 0 Å². The summed E-state index contributed by atoms with van der Waals surface area (Å²) in [5, 5.41) is 23.9. The smallest absolute Gasteiger partial charge is 0.303 e. The maximum atomic E-state index is 11.7. The molecule has 30 heavy (non-hydrogen) atoms. The molecule has 12 nitrogen and oxygen atoms in total. The number of esters is 2. The summed E-state index contributed by atoms with van der Waals surface area (Å²) < 4.78 is 21.4. The van der Waals surface area contributed by atoms with Gasteiger partial charge in [0.05, 0.1) is 4.92 Å². The lowest BCUT2D eigenvalue weighted by Crippen LogP contribution is -2.66. The number of ether oxygens (including phenoxy) is 4. The van der Waals surface area contributed by atoms with Crippen LogP contribution in [0, 0.1) is 10.1 Å². The molecular formula is C18H22N2O10. The zero-order valence-corrected chi connectivity index (χ0v) is 16.5. The summed E-state index contributed by atoms with van der Waals surface area (Å²) in [4.78, 5) is 44.6. The number of rotatable bonds is 7. The van der Waals surface area contributed by atoms with E-state index in [9.17, 15) is 29.6 Å². The fourth-order valence-electron chi connectivity index (χ4n) is 2.85. The largest absolute Gasteiger partial charge is 0.463 e. The van der Waals surface area contributed by atoms with Crippen LogP contribution in [-0.4, -0.2) is 65.1 Å². The molecule has 12 heteroatoms. The number of aliphatic hydroxyl groups excluding tert-OH is 1. The lowest BCUT2D eigenvalue weighted by atomic mass is 9.96. The minimum atomic E-state index is -1.44. The first kappa shape index (κ1) is 23.0. The van der Waals surface area contributed by atoms with Gasteiger partial charge in [-0.25, -0.2) is 0 Å². The van der Waals surface area contributed by atoms with Crippen molar-refractivity contribution in [1.29, 1.82) is 0 Å². The van der Waals surface area contributed by atoms with Gasteiger partial charge in [-0.1, -0.05) is 0 Å². The van der Waals surface area contributed by atoms with Crippen molar-refractivity contribution in [2.45, 2.75) is 51.4 Å². The van der Waals surface area contributed by atoms with Crippen LogP contribution in [0.2, 0.25) is 0 Å². The highest BCUT2D eigenvalue weighted by molar-refractivity contribution is 5.73. The maximum Gasteiger partial charge on any atom is 0.303 e. The number of hydrogen-bond donors (Lipinski definition) is 2. The fourth-order valence-corrected chi connectivity index (χ4v) is 2.85. The molecule has 1 aliphatic rings. The van der Waals surface area contributed by atoms with Gasteiger partial charge in [0, 0.05) is 32.9 Å². The van der Waals surface area contributed by atoms with Crippen molar-refractivity contribution >= 4 is 23.5 Å². The Morgan fingerprint density at radius 3 is 2.30 bits per heavy atom. The number of benzene rings is 1. The van der Waals surface area contributed by atoms with Crippen molar-refractivity contribution in [3.05, 3.63) is 34.4 Å². The lowest BCUT2D eigenvalue weighted by Gasteiger charge is -2.43. The molecule has 0 aromatic heterocycles. The average Bonchev–Trinajstić information content (AvgIpc) is 2.65. The van der Waals surface area contributed by atoms with E-state index in [0.29, 0.717) is 0 Å². The molecule has 1 aliphatic heterocycles. The Balaban J connectivity index is 2.31. The Morgan fingerprint density at radius 1 is 1.17 bits per heavy atom. The minimum absolute atomic E-state index is 0.158. The summed E-state index contributed by atoms with van der Waals surface area (Å²) in [5.74, 6) is -1.70. The molecule has 1 saturated heterocycles. The first-order valence-corrected chi connectivity index (χ1v) is 8.90. The van der Waals surface area contributed by atoms with E-state index in [1.54, 1.807) is 0 Å². The zero-order chi connectivity index (χ0) is 22.4. The highest BCUT2D eigenvalue weighted by Crippen LogP contribution is 2.28. The van der Waals surface area contributed by atoms with Gasteiger partial charge in [-0.3, -0.25) is 24.5 Å². The van der Waals surface area contributed by atoms with Crippen LogP contribution in [0.5, 0.6) is 5.75 Å². The SMILES string of the molecule is CC(=O)NC1C(Oc2ccc([N+](=O)[O-])cc2)OC(COC(C)=O)C(O)C1OC(C)=O. The first-order valence-electron chi connectivity index (χ1n) is 8.90. The molecule has 0 saturated carbocycles. The van der Waals surface area contributed by atoms with Crippen molar-refractivity contribution in [2.75, 3.05) is 6.61 Å². The van der Waals surface area contributed by atoms with E-state index in [-0.39, 0.29) is 18.0 Å². The van der Waals surface area contributed by atoms with E-state index in [2.05, 4.69) is 5.32 Å². The highest BCUT2D eigenvalue weighted by Gasteiger charge is 2.49. The monoisotopic (exact) mass is 426 g/mol. The van der Waals surface area contributed by atoms with Crippen LogP contribution in [0.15, 0.2) is 24.3 Å². The van der Waals surface area contributed by atoms with Gasteiger partial charge in [-0.2, -0.15) is 0 Å². The summed E-state index contributed by atoms with van der Waals surface area (Å²) in [6.45, 7) is 3.15. The third-order valence-corrected chi connectivity index (χ3v) is 4.10. The number of carbonyl (C=O) groups excluding carboxylic acids is 3. The van der Waals surface area contributed by atoms with Crippen molar-refractivity contribution in [2.24, 2.45) is 0 Å². The van der Waals surface area contributed by atoms with Gasteiger partial charge in [0.2, 0.25) is 12.2 Å². The van der Waals surface area contributed by atoms with Gasteiger partial charge in [0.1, 0.15) is 30.6 Å². The molecule has 1 aromatic carbocycles. The van der Waals surface area contributed by atoms with Gasteiger partial charge < -0.3 is 29.4 Å². The van der Waals surface area contributed by atoms with E-state index in [4.69, 9.17) is 18.9 Å². The Morgan fingerprint density at radius 2 is 1.80 bits per heavy atom. The van der Waals surface area contributed by atoms with Gasteiger partial charge in [-0.05, 0) is 12.1 Å². The van der Waals surface area contributed by atoms with E-state index < -0.39 is 53.4 Å². The lowest BCUT2D eigenvalue weighted by molar-refractivity contribution is -0.384. The normalized spacial score (nSPS) is 25.7. The molecule has 164 valence electrons. The molecule has 1 fully saturated rings. The summed E-state index contributed by atoms with van der Waals surface area (Å²) in [7, 11) is 0. The van der Waals surface area contributed by atoms with Gasteiger partial charge >= 0.3 is 11.9 Å². The molecule has 2 N–H and O–H groups in total. The Kier molecular flexibility index (Phi) is 7.66. The molecule has 2 rings (SSSR count). The van der Waals surface area contributed by atoms with Crippen molar-refractivity contribution in [1.82, 2.24) is 5.32 Å². The molecule has 5 atom stereocenters. The Bertz CT molecular complexity index is 797. The van der Waals surface area contributed by atoms with E-state index in [1.807, 2.05) is 0 Å². The number of carbonyl (C=O) groups is 3. The van der Waals surface area contributed by atoms with Crippen LogP contribution in [0.4, 0.5) is 5.69 Å². The number of amides is 1. The van der Waals surface area contributed by atoms with Crippen molar-refractivity contribution < 1.29 is 43.4 Å². The zero-order valence-electron chi connectivity index (χ0n) is 16.5. The quantitative estimate of drug-likeness (QED) is 0.346. The summed E-state index contributed by atoms with van der Waals surface area (Å²) in [6.07, 6.45) is -5.12. The predicted molar refractivity (Wildman–Crippen MR) is 98.2 cm³/mol. The molecule has 1 heterocycles. The summed E-state index contributed by atoms with van der Waals surface area (Å²) in [5.41, 5.74) is -0.161. The number of nitro groups is 1. The van der Waals surface area contributed by atoms with Gasteiger partial charge in [-0.15, -0.1) is 0 Å². The molecule has 0 spiro atoms. The number of nitro benzene ring substituents is 1. The van der Waals surface area contributed by atoms with Crippen LogP contribution in [0.1, 0.15) is 20.8 Å². The summed E-state index contributed by atoms with van der Waals surface area (Å²) >= 11 is 0. The molecule has 0 radical (unpaired) electrons. The number of hydrogen-bond acceptors (Lipinski definition) is 10. The number of aliphatic hydroxyl groups is 1. The average molecular weight is 426 g/mol. The molecule has 0 aliphatic carbocycles. The van der Waals surface area contributed by atoms with Crippen LogP contribution in [0.25, 0.3) is 0 Å². The third kappa shape index (κ3) is 6.12. The standard InChI is InChI=1S/C18H22N2O10/c1-9(21)19-15-17(28-11(3)23)16(24)14(8-27-10(2)22)30-18(15)29-13-6-4-12(5-7-13)20(25)26/h4-7,14-18,24H,8H2,1-3H3,(H,19,21). The third-order valence-electron chi connectivity index (χ3n) is 4.10. The molecule has 1 amide bonds. The first-order chi connectivity index (χ1) is 14.1. The molecule has 5 unspecified atom stereocenters.